The molecule has 0 aliphatic carbocycles. The second-order valence-electron chi connectivity index (χ2n) is 4.32. The lowest BCUT2D eigenvalue weighted by Crippen LogP contribution is -2.47. The van der Waals surface area contributed by atoms with Crippen molar-refractivity contribution >= 4 is 27.2 Å². The number of rotatable bonds is 3. The van der Waals surface area contributed by atoms with Crippen LogP contribution in [0.15, 0.2) is 0 Å². The summed E-state index contributed by atoms with van der Waals surface area (Å²) in [7, 11) is -3.30. The Morgan fingerprint density at radius 2 is 2.07 bits per heavy atom. The maximum absolute atomic E-state index is 11.9. The van der Waals surface area contributed by atoms with Gasteiger partial charge >= 0.3 is 0 Å². The predicted molar refractivity (Wildman–Crippen MR) is 65.1 cm³/mol. The standard InChI is InChI=1S/C9H18N2O2S2/c1-7-3-4-8(2)11(5-7)15(12,13)6-9(10)14/h7-8H,3-6H2,1-2H3,(H2,10,14). The van der Waals surface area contributed by atoms with E-state index in [1.165, 1.54) is 0 Å². The first-order valence-electron chi connectivity index (χ1n) is 5.10. The number of hydrogen-bond acceptors (Lipinski definition) is 3. The highest BCUT2D eigenvalue weighted by Crippen LogP contribution is 2.24. The zero-order valence-electron chi connectivity index (χ0n) is 9.14. The van der Waals surface area contributed by atoms with Crippen molar-refractivity contribution < 1.29 is 8.42 Å². The minimum absolute atomic E-state index is 0.0421. The van der Waals surface area contributed by atoms with Gasteiger partial charge in [-0.15, -0.1) is 0 Å². The molecule has 1 saturated heterocycles. The smallest absolute Gasteiger partial charge is 0.220 e. The Morgan fingerprint density at radius 1 is 1.47 bits per heavy atom. The van der Waals surface area contributed by atoms with E-state index in [1.807, 2.05) is 6.92 Å². The molecule has 15 heavy (non-hydrogen) atoms. The maximum atomic E-state index is 11.9. The Kier molecular flexibility index (Phi) is 4.08. The fourth-order valence-electron chi connectivity index (χ4n) is 1.90. The summed E-state index contributed by atoms with van der Waals surface area (Å²) in [6, 6.07) is 0.0700. The van der Waals surface area contributed by atoms with E-state index in [-0.39, 0.29) is 16.8 Å². The number of piperidine rings is 1. The molecule has 0 saturated carbocycles. The van der Waals surface area contributed by atoms with Crippen molar-refractivity contribution in [2.24, 2.45) is 11.7 Å². The second kappa shape index (κ2) is 4.76. The molecular formula is C9H18N2O2S2. The Hall–Kier alpha value is -0.200. The summed E-state index contributed by atoms with van der Waals surface area (Å²) in [5.41, 5.74) is 5.29. The van der Waals surface area contributed by atoms with Crippen LogP contribution in [0, 0.1) is 5.92 Å². The van der Waals surface area contributed by atoms with Crippen molar-refractivity contribution in [3.8, 4) is 0 Å². The highest BCUT2D eigenvalue weighted by atomic mass is 32.2. The summed E-state index contributed by atoms with van der Waals surface area (Å²) in [5.74, 6) is 0.210. The third-order valence-electron chi connectivity index (χ3n) is 2.74. The number of sulfonamides is 1. The van der Waals surface area contributed by atoms with Crippen LogP contribution in [0.3, 0.4) is 0 Å². The van der Waals surface area contributed by atoms with Crippen LogP contribution >= 0.6 is 12.2 Å². The van der Waals surface area contributed by atoms with Crippen LogP contribution in [0.5, 0.6) is 0 Å². The number of nitrogens with zero attached hydrogens (tertiary/aromatic N) is 1. The third kappa shape index (κ3) is 3.39. The molecule has 2 atom stereocenters. The van der Waals surface area contributed by atoms with Crippen LogP contribution in [0.25, 0.3) is 0 Å². The zero-order valence-corrected chi connectivity index (χ0v) is 10.8. The molecule has 1 fully saturated rings. The molecule has 4 nitrogen and oxygen atoms in total. The van der Waals surface area contributed by atoms with Crippen molar-refractivity contribution in [3.63, 3.8) is 0 Å². The van der Waals surface area contributed by atoms with Gasteiger partial charge in [-0.05, 0) is 25.7 Å². The molecule has 2 unspecified atom stereocenters. The minimum atomic E-state index is -3.30. The third-order valence-corrected chi connectivity index (χ3v) is 4.97. The largest absolute Gasteiger partial charge is 0.392 e. The molecule has 0 spiro atoms. The molecule has 2 N–H and O–H groups in total. The van der Waals surface area contributed by atoms with E-state index < -0.39 is 10.0 Å². The summed E-state index contributed by atoms with van der Waals surface area (Å²) >= 11 is 4.65. The van der Waals surface area contributed by atoms with E-state index in [9.17, 15) is 8.42 Å². The fraction of sp³-hybridized carbons (Fsp3) is 0.889. The first kappa shape index (κ1) is 12.9. The summed E-state index contributed by atoms with van der Waals surface area (Å²) in [6.45, 7) is 4.59. The Balaban J connectivity index is 2.80. The first-order chi connectivity index (χ1) is 6.83. The van der Waals surface area contributed by atoms with Gasteiger partial charge in [-0.1, -0.05) is 19.1 Å². The number of thiocarbonyl (C=S) groups is 1. The topological polar surface area (TPSA) is 63.4 Å². The highest BCUT2D eigenvalue weighted by molar-refractivity contribution is 7.92. The van der Waals surface area contributed by atoms with E-state index in [1.54, 1.807) is 4.31 Å². The zero-order chi connectivity index (χ0) is 11.6. The van der Waals surface area contributed by atoms with Crippen LogP contribution in [0.1, 0.15) is 26.7 Å². The van der Waals surface area contributed by atoms with E-state index in [0.29, 0.717) is 12.5 Å². The van der Waals surface area contributed by atoms with Crippen molar-refractivity contribution in [2.75, 3.05) is 12.3 Å². The molecule has 1 rings (SSSR count). The van der Waals surface area contributed by atoms with Crippen molar-refractivity contribution in [1.82, 2.24) is 4.31 Å². The van der Waals surface area contributed by atoms with Gasteiger partial charge in [-0.3, -0.25) is 0 Å². The highest BCUT2D eigenvalue weighted by Gasteiger charge is 2.32. The van der Waals surface area contributed by atoms with E-state index >= 15 is 0 Å². The second-order valence-corrected chi connectivity index (χ2v) is 6.77. The van der Waals surface area contributed by atoms with Gasteiger partial charge in [0.25, 0.3) is 0 Å². The van der Waals surface area contributed by atoms with E-state index in [4.69, 9.17) is 5.73 Å². The van der Waals surface area contributed by atoms with Gasteiger partial charge in [0.15, 0.2) is 0 Å². The van der Waals surface area contributed by atoms with Crippen LogP contribution in [0.2, 0.25) is 0 Å². The molecule has 6 heteroatoms. The Morgan fingerprint density at radius 3 is 2.60 bits per heavy atom. The predicted octanol–water partition coefficient (Wildman–Crippen LogP) is 0.723. The lowest BCUT2D eigenvalue weighted by Gasteiger charge is -2.35. The van der Waals surface area contributed by atoms with Gasteiger partial charge in [-0.2, -0.15) is 4.31 Å². The quantitative estimate of drug-likeness (QED) is 0.750. The molecule has 0 radical (unpaired) electrons. The van der Waals surface area contributed by atoms with Gasteiger partial charge in [0.1, 0.15) is 5.75 Å². The summed E-state index contributed by atoms with van der Waals surface area (Å²) < 4.78 is 25.4. The summed E-state index contributed by atoms with van der Waals surface area (Å²) in [4.78, 5) is 0.0421. The first-order valence-corrected chi connectivity index (χ1v) is 7.12. The maximum Gasteiger partial charge on any atom is 0.220 e. The van der Waals surface area contributed by atoms with Crippen LogP contribution < -0.4 is 5.73 Å². The van der Waals surface area contributed by atoms with Crippen molar-refractivity contribution in [1.29, 1.82) is 0 Å². The fourth-order valence-corrected chi connectivity index (χ4v) is 4.01. The van der Waals surface area contributed by atoms with Gasteiger partial charge in [0, 0.05) is 12.6 Å². The average molecular weight is 250 g/mol. The summed E-state index contributed by atoms with van der Waals surface area (Å²) in [5, 5.41) is 0. The number of nitrogens with two attached hydrogens (primary N) is 1. The van der Waals surface area contributed by atoms with Gasteiger partial charge < -0.3 is 5.73 Å². The van der Waals surface area contributed by atoms with E-state index in [0.717, 1.165) is 12.8 Å². The molecule has 88 valence electrons. The average Bonchev–Trinajstić information content (AvgIpc) is 2.06. The van der Waals surface area contributed by atoms with Gasteiger partial charge in [0.05, 0.1) is 4.99 Å². The van der Waals surface area contributed by atoms with E-state index in [2.05, 4.69) is 19.1 Å². The van der Waals surface area contributed by atoms with Gasteiger partial charge in [0.2, 0.25) is 10.0 Å². The lowest BCUT2D eigenvalue weighted by molar-refractivity contribution is 0.219. The molecule has 1 aliphatic rings. The normalized spacial score (nSPS) is 28.9. The van der Waals surface area contributed by atoms with Crippen molar-refractivity contribution in [3.05, 3.63) is 0 Å². The SMILES string of the molecule is CC1CCC(C)N(S(=O)(=O)CC(N)=S)C1. The molecule has 0 aromatic heterocycles. The van der Waals surface area contributed by atoms with Crippen LogP contribution in [-0.4, -0.2) is 36.1 Å². The molecule has 1 aliphatic heterocycles. The minimum Gasteiger partial charge on any atom is -0.392 e. The van der Waals surface area contributed by atoms with Gasteiger partial charge in [-0.25, -0.2) is 8.42 Å². The molecule has 0 aromatic carbocycles. The molecule has 0 bridgehead atoms. The number of hydrogen-bond donors (Lipinski definition) is 1. The van der Waals surface area contributed by atoms with Crippen molar-refractivity contribution in [2.45, 2.75) is 32.7 Å². The Bertz CT molecular complexity index is 340. The van der Waals surface area contributed by atoms with Crippen LogP contribution in [-0.2, 0) is 10.0 Å². The molecule has 0 aromatic rings. The van der Waals surface area contributed by atoms with Crippen LogP contribution in [0.4, 0.5) is 0 Å². The summed E-state index contributed by atoms with van der Waals surface area (Å²) in [6.07, 6.45) is 2.00. The molecule has 1 heterocycles. The molecule has 0 amide bonds. The molecular weight excluding hydrogens is 232 g/mol. The lowest BCUT2D eigenvalue weighted by atomic mass is 9.97. The monoisotopic (exact) mass is 250 g/mol. The Labute approximate surface area is 96.9 Å².